The fraction of sp³-hybridized carbons (Fsp3) is 0.364. The lowest BCUT2D eigenvalue weighted by molar-refractivity contribution is -0.136. The number of aliphatic carboxylic acids is 1. The number of rotatable bonds is 6. The van der Waals surface area contributed by atoms with Gasteiger partial charge in [0, 0.05) is 17.1 Å². The highest BCUT2D eigenvalue weighted by Gasteiger charge is 1.99. The molecule has 0 spiro atoms. The standard InChI is InChI=1S/C11H13FO2S/c12-7-8-15-10-4-1-9(2-5-10)3-6-11(13)14/h1-2,4-5H,3,6-8H2,(H,13,14). The second-order valence-corrected chi connectivity index (χ2v) is 4.24. The van der Waals surface area contributed by atoms with Crippen LogP contribution >= 0.6 is 11.8 Å². The summed E-state index contributed by atoms with van der Waals surface area (Å²) in [7, 11) is 0. The Kier molecular flexibility index (Phi) is 5.18. The molecule has 2 nitrogen and oxygen atoms in total. The molecule has 0 aliphatic carbocycles. The van der Waals surface area contributed by atoms with Crippen LogP contribution in [0.15, 0.2) is 29.2 Å². The van der Waals surface area contributed by atoms with Gasteiger partial charge < -0.3 is 5.11 Å². The van der Waals surface area contributed by atoms with E-state index in [1.807, 2.05) is 24.3 Å². The van der Waals surface area contributed by atoms with E-state index in [1.165, 1.54) is 11.8 Å². The minimum atomic E-state index is -0.786. The lowest BCUT2D eigenvalue weighted by Gasteiger charge is -2.01. The lowest BCUT2D eigenvalue weighted by Crippen LogP contribution is -1.97. The largest absolute Gasteiger partial charge is 0.481 e. The van der Waals surface area contributed by atoms with E-state index in [0.717, 1.165) is 10.5 Å². The molecule has 0 bridgehead atoms. The van der Waals surface area contributed by atoms with Gasteiger partial charge >= 0.3 is 5.97 Å². The van der Waals surface area contributed by atoms with E-state index in [9.17, 15) is 9.18 Å². The fourth-order valence-electron chi connectivity index (χ4n) is 1.16. The summed E-state index contributed by atoms with van der Waals surface area (Å²) >= 11 is 1.46. The topological polar surface area (TPSA) is 37.3 Å². The number of halogens is 1. The maximum absolute atomic E-state index is 11.9. The van der Waals surface area contributed by atoms with Gasteiger partial charge in [0.2, 0.25) is 0 Å². The first-order valence-electron chi connectivity index (χ1n) is 4.72. The Morgan fingerprint density at radius 2 is 2.00 bits per heavy atom. The van der Waals surface area contributed by atoms with E-state index in [1.54, 1.807) is 0 Å². The molecule has 15 heavy (non-hydrogen) atoms. The molecule has 0 aromatic heterocycles. The molecule has 1 aromatic rings. The molecule has 0 saturated heterocycles. The summed E-state index contributed by atoms with van der Waals surface area (Å²) in [5.41, 5.74) is 1.00. The normalized spacial score (nSPS) is 10.2. The van der Waals surface area contributed by atoms with Crippen molar-refractivity contribution in [3.8, 4) is 0 Å². The summed E-state index contributed by atoms with van der Waals surface area (Å²) < 4.78 is 11.9. The van der Waals surface area contributed by atoms with Crippen LogP contribution in [0.25, 0.3) is 0 Å². The smallest absolute Gasteiger partial charge is 0.303 e. The third-order valence-electron chi connectivity index (χ3n) is 1.90. The minimum absolute atomic E-state index is 0.150. The molecule has 0 unspecified atom stereocenters. The number of benzene rings is 1. The predicted octanol–water partition coefficient (Wildman–Crippen LogP) is 2.77. The molecule has 0 atom stereocenters. The number of hydrogen-bond donors (Lipinski definition) is 1. The fourth-order valence-corrected chi connectivity index (χ4v) is 1.80. The van der Waals surface area contributed by atoms with Gasteiger partial charge in [0.1, 0.15) is 0 Å². The quantitative estimate of drug-likeness (QED) is 0.761. The van der Waals surface area contributed by atoms with Gasteiger partial charge in [-0.05, 0) is 24.1 Å². The Bertz CT molecular complexity index is 311. The highest BCUT2D eigenvalue weighted by Crippen LogP contribution is 2.18. The van der Waals surface area contributed by atoms with Crippen LogP contribution in [0.1, 0.15) is 12.0 Å². The highest BCUT2D eigenvalue weighted by atomic mass is 32.2. The molecule has 0 aliphatic rings. The van der Waals surface area contributed by atoms with Crippen molar-refractivity contribution in [3.63, 3.8) is 0 Å². The number of carbonyl (C=O) groups is 1. The Labute approximate surface area is 92.5 Å². The van der Waals surface area contributed by atoms with Crippen molar-refractivity contribution < 1.29 is 14.3 Å². The van der Waals surface area contributed by atoms with Gasteiger partial charge in [-0.2, -0.15) is 0 Å². The van der Waals surface area contributed by atoms with Gasteiger partial charge in [0.15, 0.2) is 0 Å². The Hall–Kier alpha value is -1.03. The van der Waals surface area contributed by atoms with Crippen molar-refractivity contribution in [2.75, 3.05) is 12.4 Å². The summed E-state index contributed by atoms with van der Waals surface area (Å²) in [4.78, 5) is 11.4. The van der Waals surface area contributed by atoms with Crippen LogP contribution in [-0.2, 0) is 11.2 Å². The van der Waals surface area contributed by atoms with Gasteiger partial charge in [-0.25, -0.2) is 0 Å². The first kappa shape index (κ1) is 12.0. The van der Waals surface area contributed by atoms with E-state index in [2.05, 4.69) is 0 Å². The van der Waals surface area contributed by atoms with Crippen LogP contribution < -0.4 is 0 Å². The van der Waals surface area contributed by atoms with Crippen LogP contribution in [0.3, 0.4) is 0 Å². The number of carboxylic acid groups (broad SMARTS) is 1. The van der Waals surface area contributed by atoms with Crippen LogP contribution in [0, 0.1) is 0 Å². The SMILES string of the molecule is O=C(O)CCc1ccc(SCCF)cc1. The van der Waals surface area contributed by atoms with Crippen LogP contribution in [-0.4, -0.2) is 23.5 Å². The second kappa shape index (κ2) is 6.45. The molecule has 4 heteroatoms. The average Bonchev–Trinajstić information content (AvgIpc) is 2.25. The Morgan fingerprint density at radius 3 is 2.53 bits per heavy atom. The molecule has 0 saturated carbocycles. The zero-order valence-electron chi connectivity index (χ0n) is 8.28. The molecular weight excluding hydrogens is 215 g/mol. The van der Waals surface area contributed by atoms with Crippen LogP contribution in [0.2, 0.25) is 0 Å². The maximum Gasteiger partial charge on any atom is 0.303 e. The van der Waals surface area contributed by atoms with Gasteiger partial charge in [-0.15, -0.1) is 11.8 Å². The summed E-state index contributed by atoms with van der Waals surface area (Å²) in [5.74, 6) is -0.319. The summed E-state index contributed by atoms with van der Waals surface area (Å²) in [5, 5.41) is 8.50. The molecule has 1 N–H and O–H groups in total. The molecule has 1 rings (SSSR count). The molecular formula is C11H13FO2S. The number of hydrogen-bond acceptors (Lipinski definition) is 2. The zero-order valence-corrected chi connectivity index (χ0v) is 9.10. The predicted molar refractivity (Wildman–Crippen MR) is 59.1 cm³/mol. The second-order valence-electron chi connectivity index (χ2n) is 3.08. The zero-order chi connectivity index (χ0) is 11.1. The summed E-state index contributed by atoms with van der Waals surface area (Å²) in [6.45, 7) is -0.328. The van der Waals surface area contributed by atoms with Crippen LogP contribution in [0.4, 0.5) is 4.39 Å². The molecule has 0 fully saturated rings. The highest BCUT2D eigenvalue weighted by molar-refractivity contribution is 7.99. The van der Waals surface area contributed by atoms with Crippen molar-refractivity contribution in [1.29, 1.82) is 0 Å². The summed E-state index contributed by atoms with van der Waals surface area (Å²) in [6, 6.07) is 7.59. The van der Waals surface area contributed by atoms with Crippen LogP contribution in [0.5, 0.6) is 0 Å². The number of aryl methyl sites for hydroxylation is 1. The number of alkyl halides is 1. The van der Waals surface area contributed by atoms with E-state index in [4.69, 9.17) is 5.11 Å². The molecule has 0 aliphatic heterocycles. The average molecular weight is 228 g/mol. The number of carboxylic acids is 1. The third-order valence-corrected chi connectivity index (χ3v) is 2.86. The minimum Gasteiger partial charge on any atom is -0.481 e. The lowest BCUT2D eigenvalue weighted by atomic mass is 10.1. The molecule has 0 heterocycles. The van der Waals surface area contributed by atoms with E-state index in [-0.39, 0.29) is 13.1 Å². The van der Waals surface area contributed by atoms with Crippen molar-refractivity contribution in [1.82, 2.24) is 0 Å². The Morgan fingerprint density at radius 1 is 1.33 bits per heavy atom. The van der Waals surface area contributed by atoms with E-state index in [0.29, 0.717) is 12.2 Å². The van der Waals surface area contributed by atoms with E-state index >= 15 is 0 Å². The van der Waals surface area contributed by atoms with Crippen molar-refractivity contribution >= 4 is 17.7 Å². The summed E-state index contributed by atoms with van der Waals surface area (Å²) in [6.07, 6.45) is 0.695. The molecule has 1 aromatic carbocycles. The molecule has 0 radical (unpaired) electrons. The van der Waals surface area contributed by atoms with Crippen molar-refractivity contribution in [2.45, 2.75) is 17.7 Å². The van der Waals surface area contributed by atoms with Gasteiger partial charge in [-0.3, -0.25) is 9.18 Å². The Balaban J connectivity index is 2.45. The third kappa shape index (κ3) is 4.83. The van der Waals surface area contributed by atoms with Crippen molar-refractivity contribution in [3.05, 3.63) is 29.8 Å². The number of thioether (sulfide) groups is 1. The van der Waals surface area contributed by atoms with Crippen molar-refractivity contribution in [2.24, 2.45) is 0 Å². The first-order chi connectivity index (χ1) is 7.22. The first-order valence-corrected chi connectivity index (χ1v) is 5.70. The van der Waals surface area contributed by atoms with Gasteiger partial charge in [0.05, 0.1) is 6.67 Å². The van der Waals surface area contributed by atoms with E-state index < -0.39 is 5.97 Å². The van der Waals surface area contributed by atoms with Gasteiger partial charge in [0.25, 0.3) is 0 Å². The molecule has 0 amide bonds. The maximum atomic E-state index is 11.9. The van der Waals surface area contributed by atoms with Gasteiger partial charge in [-0.1, -0.05) is 12.1 Å². The molecule has 82 valence electrons. The monoisotopic (exact) mass is 228 g/mol.